The Labute approximate surface area is 193 Å². The van der Waals surface area contributed by atoms with Gasteiger partial charge in [0.05, 0.1) is 11.8 Å². The summed E-state index contributed by atoms with van der Waals surface area (Å²) in [6.07, 6.45) is 3.11. The molecule has 4 rings (SSSR count). The average molecular weight is 466 g/mol. The third-order valence-corrected chi connectivity index (χ3v) is 5.61. The molecule has 9 heteroatoms. The number of pyridine rings is 1. The van der Waals surface area contributed by atoms with Gasteiger partial charge in [-0.25, -0.2) is 4.98 Å². The van der Waals surface area contributed by atoms with E-state index in [1.807, 2.05) is 48.5 Å². The number of nitrogens with zero attached hydrogens (tertiary/aromatic N) is 3. The molecule has 31 heavy (non-hydrogen) atoms. The molecular weight excluding hydrogens is 450 g/mol. The summed E-state index contributed by atoms with van der Waals surface area (Å²) in [7, 11) is 0. The lowest BCUT2D eigenvalue weighted by Crippen LogP contribution is -2.25. The zero-order chi connectivity index (χ0) is 21.6. The summed E-state index contributed by atoms with van der Waals surface area (Å²) in [5.74, 6) is 0. The normalized spacial score (nSPS) is 11.0. The van der Waals surface area contributed by atoms with Gasteiger partial charge in [-0.3, -0.25) is 14.6 Å². The van der Waals surface area contributed by atoms with Crippen LogP contribution in [0.4, 0.5) is 5.69 Å². The Hall–Kier alpha value is -3.20. The lowest BCUT2D eigenvalue weighted by atomic mass is 10.3. The molecule has 154 valence electrons. The number of anilines is 1. The minimum absolute atomic E-state index is 0.227. The molecule has 0 spiro atoms. The fourth-order valence-electron chi connectivity index (χ4n) is 2.72. The average Bonchev–Trinajstić information content (AvgIpc) is 2.78. The Morgan fingerprint density at radius 3 is 2.58 bits per heavy atom. The lowest BCUT2D eigenvalue weighted by Gasteiger charge is -2.09. The van der Waals surface area contributed by atoms with Crippen molar-refractivity contribution in [2.24, 2.45) is 5.10 Å². The van der Waals surface area contributed by atoms with E-state index in [0.717, 1.165) is 10.6 Å². The fraction of sp³-hybridized carbons (Fsp3) is 0. The minimum atomic E-state index is -0.227. The van der Waals surface area contributed by atoms with Crippen LogP contribution >= 0.6 is 35.6 Å². The van der Waals surface area contributed by atoms with Gasteiger partial charge in [-0.05, 0) is 60.7 Å². The van der Waals surface area contributed by atoms with E-state index in [2.05, 4.69) is 20.8 Å². The maximum atomic E-state index is 13.1. The van der Waals surface area contributed by atoms with E-state index in [-0.39, 0.29) is 5.56 Å². The highest BCUT2D eigenvalue weighted by atomic mass is 35.5. The van der Waals surface area contributed by atoms with Crippen LogP contribution in [-0.2, 0) is 0 Å². The summed E-state index contributed by atoms with van der Waals surface area (Å²) >= 11 is 12.6. The van der Waals surface area contributed by atoms with Gasteiger partial charge in [0.1, 0.15) is 10.7 Å². The zero-order valence-electron chi connectivity index (χ0n) is 16.0. The first-order valence-corrected chi connectivity index (χ1v) is 10.8. The monoisotopic (exact) mass is 465 g/mol. The number of hydrogen-bond donors (Lipinski definition) is 2. The van der Waals surface area contributed by atoms with Gasteiger partial charge in [0, 0.05) is 21.8 Å². The number of benzene rings is 2. The molecule has 0 aliphatic rings. The molecule has 6 nitrogen and oxygen atoms in total. The van der Waals surface area contributed by atoms with E-state index in [1.165, 1.54) is 22.4 Å². The summed E-state index contributed by atoms with van der Waals surface area (Å²) in [5, 5.41) is 8.66. The third kappa shape index (κ3) is 5.29. The highest BCUT2D eigenvalue weighted by Crippen LogP contribution is 2.28. The van der Waals surface area contributed by atoms with Crippen molar-refractivity contribution < 1.29 is 0 Å². The largest absolute Gasteiger partial charge is 0.331 e. The molecule has 0 unspecified atom stereocenters. The smallest absolute Gasteiger partial charge is 0.267 e. The predicted molar refractivity (Wildman–Crippen MR) is 130 cm³/mol. The SMILES string of the molecule is O=c1c(C=NNC(=S)Nc2ccccc2)c(Sc2ccc(Cl)cc2)nc2ccccn12. The van der Waals surface area contributed by atoms with E-state index in [0.29, 0.717) is 26.4 Å². The van der Waals surface area contributed by atoms with Crippen molar-refractivity contribution in [3.05, 3.63) is 99.9 Å². The van der Waals surface area contributed by atoms with Gasteiger partial charge in [-0.1, -0.05) is 47.6 Å². The van der Waals surface area contributed by atoms with Crippen LogP contribution in [0.1, 0.15) is 5.56 Å². The van der Waals surface area contributed by atoms with Crippen molar-refractivity contribution in [2.45, 2.75) is 9.92 Å². The highest BCUT2D eigenvalue weighted by Gasteiger charge is 2.13. The first-order chi connectivity index (χ1) is 15.1. The van der Waals surface area contributed by atoms with Crippen molar-refractivity contribution in [3.63, 3.8) is 0 Å². The molecule has 2 aromatic heterocycles. The van der Waals surface area contributed by atoms with Crippen LogP contribution < -0.4 is 16.3 Å². The molecule has 0 fully saturated rings. The summed E-state index contributed by atoms with van der Waals surface area (Å²) in [4.78, 5) is 18.6. The number of fused-ring (bicyclic) bond motifs is 1. The molecule has 2 aromatic carbocycles. The maximum absolute atomic E-state index is 13.1. The molecule has 2 N–H and O–H groups in total. The molecule has 0 atom stereocenters. The Bertz CT molecular complexity index is 1310. The van der Waals surface area contributed by atoms with Gasteiger partial charge in [0.15, 0.2) is 5.11 Å². The quantitative estimate of drug-likeness (QED) is 0.190. The van der Waals surface area contributed by atoms with E-state index in [9.17, 15) is 4.79 Å². The zero-order valence-corrected chi connectivity index (χ0v) is 18.4. The Balaban J connectivity index is 1.62. The highest BCUT2D eigenvalue weighted by molar-refractivity contribution is 7.99. The van der Waals surface area contributed by atoms with E-state index >= 15 is 0 Å². The van der Waals surface area contributed by atoms with Crippen molar-refractivity contribution in [1.82, 2.24) is 14.8 Å². The predicted octanol–water partition coefficient (Wildman–Crippen LogP) is 4.82. The number of para-hydroxylation sites is 1. The van der Waals surface area contributed by atoms with Crippen LogP contribution in [-0.4, -0.2) is 20.7 Å². The van der Waals surface area contributed by atoms with Gasteiger partial charge in [0.2, 0.25) is 0 Å². The third-order valence-electron chi connectivity index (χ3n) is 4.15. The van der Waals surface area contributed by atoms with Crippen LogP contribution in [0.2, 0.25) is 5.02 Å². The molecule has 0 aliphatic carbocycles. The van der Waals surface area contributed by atoms with E-state index in [1.54, 1.807) is 30.5 Å². The van der Waals surface area contributed by atoms with Crippen molar-refractivity contribution >= 4 is 58.2 Å². The second-order valence-corrected chi connectivity index (χ2v) is 8.22. The summed E-state index contributed by atoms with van der Waals surface area (Å²) in [6.45, 7) is 0. The molecule has 0 amide bonds. The Kier molecular flexibility index (Phi) is 6.61. The topological polar surface area (TPSA) is 70.8 Å². The van der Waals surface area contributed by atoms with Gasteiger partial charge in [-0.2, -0.15) is 5.10 Å². The minimum Gasteiger partial charge on any atom is -0.331 e. The van der Waals surface area contributed by atoms with Crippen molar-refractivity contribution in [1.29, 1.82) is 0 Å². The number of rotatable bonds is 5. The van der Waals surface area contributed by atoms with Crippen LogP contribution in [0, 0.1) is 0 Å². The number of hydrogen-bond acceptors (Lipinski definition) is 5. The fourth-order valence-corrected chi connectivity index (χ4v) is 3.90. The second kappa shape index (κ2) is 9.74. The van der Waals surface area contributed by atoms with Crippen LogP contribution in [0.3, 0.4) is 0 Å². The first kappa shape index (κ1) is 21.0. The molecule has 0 saturated carbocycles. The molecule has 2 heterocycles. The van der Waals surface area contributed by atoms with Gasteiger partial charge >= 0.3 is 0 Å². The molecule has 4 aromatic rings. The molecular formula is C22H16ClN5OS2. The summed E-state index contributed by atoms with van der Waals surface area (Å²) in [5.41, 5.74) is 4.25. The molecule has 0 saturated heterocycles. The number of nitrogens with one attached hydrogen (secondary N) is 2. The number of hydrazone groups is 1. The van der Waals surface area contributed by atoms with Gasteiger partial charge in [0.25, 0.3) is 5.56 Å². The van der Waals surface area contributed by atoms with Crippen LogP contribution in [0.25, 0.3) is 5.65 Å². The Morgan fingerprint density at radius 2 is 1.81 bits per heavy atom. The van der Waals surface area contributed by atoms with Crippen molar-refractivity contribution in [3.8, 4) is 0 Å². The maximum Gasteiger partial charge on any atom is 0.267 e. The Morgan fingerprint density at radius 1 is 1.06 bits per heavy atom. The number of thiocarbonyl (C=S) groups is 1. The summed E-state index contributed by atoms with van der Waals surface area (Å²) < 4.78 is 1.48. The van der Waals surface area contributed by atoms with E-state index < -0.39 is 0 Å². The van der Waals surface area contributed by atoms with Gasteiger partial charge < -0.3 is 5.32 Å². The first-order valence-electron chi connectivity index (χ1n) is 9.20. The van der Waals surface area contributed by atoms with E-state index in [4.69, 9.17) is 23.8 Å². The lowest BCUT2D eigenvalue weighted by molar-refractivity contribution is 0.970. The van der Waals surface area contributed by atoms with Crippen LogP contribution in [0.5, 0.6) is 0 Å². The number of halogens is 1. The molecule has 0 bridgehead atoms. The number of aromatic nitrogens is 2. The van der Waals surface area contributed by atoms with Crippen molar-refractivity contribution in [2.75, 3.05) is 5.32 Å². The van der Waals surface area contributed by atoms with Gasteiger partial charge in [-0.15, -0.1) is 0 Å². The second-order valence-electron chi connectivity index (χ2n) is 6.31. The summed E-state index contributed by atoms with van der Waals surface area (Å²) in [6, 6.07) is 22.2. The van der Waals surface area contributed by atoms with Crippen LogP contribution in [0.15, 0.2) is 98.8 Å². The molecule has 0 aliphatic heterocycles. The molecule has 0 radical (unpaired) electrons. The standard InChI is InChI=1S/C22H16ClN5OS2/c23-15-9-11-17(12-10-15)31-20-18(21(29)28-13-5-4-8-19(28)26-20)14-24-27-22(30)25-16-6-2-1-3-7-16/h1-14H,(H2,25,27,30).